The Morgan fingerprint density at radius 1 is 0.341 bits per heavy atom. The van der Waals surface area contributed by atoms with E-state index in [-0.39, 0.29) is 0 Å². The lowest BCUT2D eigenvalue weighted by Gasteiger charge is -2.05. The van der Waals surface area contributed by atoms with Crippen molar-refractivity contribution < 1.29 is 0 Å². The summed E-state index contributed by atoms with van der Waals surface area (Å²) in [6.07, 6.45) is 4.12. The molecule has 1 aliphatic rings. The van der Waals surface area contributed by atoms with Crippen molar-refractivity contribution in [3.63, 3.8) is 0 Å². The van der Waals surface area contributed by atoms with Gasteiger partial charge < -0.3 is 15.0 Å². The summed E-state index contributed by atoms with van der Waals surface area (Å²) in [7, 11) is 0. The average Bonchev–Trinajstić information content (AvgIpc) is 3.85. The monoisotopic (exact) mass is 628 g/mol. The molecule has 8 bridgehead atoms. The molecule has 5 heterocycles. The van der Waals surface area contributed by atoms with E-state index in [1.54, 1.807) is 0 Å². The average molecular weight is 630 g/mol. The van der Waals surface area contributed by atoms with E-state index in [1.807, 2.05) is 72.8 Å². The standard InChI is InChI=1S/C37H23Cl3N4/c38-24-7-1-21(2-8-24)35-29-15-13-27(41-29)28-14-16-30(42-28)36(22-3-9-25(39)10-4-22)32-18-20-34(44-32)37(33-19-17-31(35)43-33)23-5-11-26(40)12-6-23/h1-20,41,43-44H. The van der Waals surface area contributed by atoms with Gasteiger partial charge in [0, 0.05) is 59.3 Å². The van der Waals surface area contributed by atoms with Crippen molar-refractivity contribution in [1.82, 2.24) is 19.9 Å². The Morgan fingerprint density at radius 3 is 1.09 bits per heavy atom. The molecule has 3 N–H and O–H groups in total. The fourth-order valence-corrected chi connectivity index (χ4v) is 6.30. The van der Waals surface area contributed by atoms with Gasteiger partial charge in [0.2, 0.25) is 0 Å². The van der Waals surface area contributed by atoms with E-state index < -0.39 is 0 Å². The molecule has 1 aliphatic heterocycles. The molecule has 0 spiro atoms. The molecule has 0 saturated heterocycles. The van der Waals surface area contributed by atoms with E-state index in [1.165, 1.54) is 0 Å². The van der Waals surface area contributed by atoms with Gasteiger partial charge in [-0.05, 0) is 102 Å². The number of rotatable bonds is 3. The molecule has 7 heteroatoms. The first kappa shape index (κ1) is 26.9. The Labute approximate surface area is 268 Å². The molecule has 0 amide bonds. The van der Waals surface area contributed by atoms with E-state index in [0.717, 1.165) is 77.9 Å². The lowest BCUT2D eigenvalue weighted by molar-refractivity contribution is 1.32. The summed E-state index contributed by atoms with van der Waals surface area (Å²) in [6, 6.07) is 36.4. The van der Waals surface area contributed by atoms with Gasteiger partial charge in [0.05, 0.1) is 16.9 Å². The SMILES string of the molecule is Clc1ccc(-c2c3nc(c4ccc([nH]4)c(-c4ccc(Cl)cc4)c4ccc([nH]4)c(-c4ccc(Cl)cc4)c4ccc2[nH]4)C=C3)cc1. The molecular weight excluding hydrogens is 607 g/mol. The summed E-state index contributed by atoms with van der Waals surface area (Å²) in [5.74, 6) is 0. The van der Waals surface area contributed by atoms with Gasteiger partial charge in [-0.15, -0.1) is 0 Å². The maximum absolute atomic E-state index is 6.31. The molecule has 0 fully saturated rings. The Balaban J connectivity index is 1.55. The maximum Gasteiger partial charge on any atom is 0.0872 e. The molecule has 212 valence electrons. The van der Waals surface area contributed by atoms with E-state index in [0.29, 0.717) is 15.1 Å². The minimum absolute atomic E-state index is 0.683. The summed E-state index contributed by atoms with van der Waals surface area (Å²) in [5, 5.41) is 2.05. The van der Waals surface area contributed by atoms with Crippen molar-refractivity contribution in [2.24, 2.45) is 0 Å². The smallest absolute Gasteiger partial charge is 0.0872 e. The molecular formula is C37H23Cl3N4. The summed E-state index contributed by atoms with van der Waals surface area (Å²) >= 11 is 18.9. The second-order valence-corrected chi connectivity index (χ2v) is 12.0. The van der Waals surface area contributed by atoms with E-state index >= 15 is 0 Å². The number of H-pyrrole nitrogens is 3. The molecule has 0 unspecified atom stereocenters. The van der Waals surface area contributed by atoms with Gasteiger partial charge >= 0.3 is 0 Å². The van der Waals surface area contributed by atoms with Gasteiger partial charge in [-0.2, -0.15) is 0 Å². The highest BCUT2D eigenvalue weighted by atomic mass is 35.5. The van der Waals surface area contributed by atoms with Gasteiger partial charge in [-0.25, -0.2) is 4.98 Å². The van der Waals surface area contributed by atoms with Crippen LogP contribution in [-0.2, 0) is 0 Å². The third-order valence-corrected chi connectivity index (χ3v) is 8.73. The number of halogens is 3. The highest BCUT2D eigenvalue weighted by Crippen LogP contribution is 2.36. The molecule has 0 saturated carbocycles. The predicted molar refractivity (Wildman–Crippen MR) is 187 cm³/mol. The zero-order chi connectivity index (χ0) is 29.8. The van der Waals surface area contributed by atoms with E-state index in [4.69, 9.17) is 39.8 Å². The largest absolute Gasteiger partial charge is 0.354 e. The van der Waals surface area contributed by atoms with Crippen LogP contribution in [0.15, 0.2) is 109 Å². The Kier molecular flexibility index (Phi) is 6.57. The third-order valence-electron chi connectivity index (χ3n) is 7.98. The van der Waals surface area contributed by atoms with E-state index in [2.05, 4.69) is 63.5 Å². The van der Waals surface area contributed by atoms with Gasteiger partial charge in [-0.1, -0.05) is 71.2 Å². The fraction of sp³-hybridized carbons (Fsp3) is 0. The van der Waals surface area contributed by atoms with Gasteiger partial charge in [0.25, 0.3) is 0 Å². The van der Waals surface area contributed by atoms with Crippen LogP contribution in [0.2, 0.25) is 15.1 Å². The number of nitrogens with zero attached hydrogens (tertiary/aromatic N) is 1. The van der Waals surface area contributed by atoms with Crippen molar-refractivity contribution in [3.05, 3.63) is 136 Å². The van der Waals surface area contributed by atoms with Crippen LogP contribution < -0.4 is 0 Å². The van der Waals surface area contributed by atoms with Crippen LogP contribution in [0.1, 0.15) is 11.4 Å². The molecule has 0 radical (unpaired) electrons. The molecule has 4 aromatic heterocycles. The van der Waals surface area contributed by atoms with Crippen LogP contribution in [0, 0.1) is 0 Å². The lowest BCUT2D eigenvalue weighted by atomic mass is 10.0. The zero-order valence-electron chi connectivity index (χ0n) is 23.1. The highest BCUT2D eigenvalue weighted by molar-refractivity contribution is 6.31. The quantitative estimate of drug-likeness (QED) is 0.179. The van der Waals surface area contributed by atoms with Crippen molar-refractivity contribution in [1.29, 1.82) is 0 Å². The second kappa shape index (κ2) is 10.8. The maximum atomic E-state index is 6.31. The lowest BCUT2D eigenvalue weighted by Crippen LogP contribution is -1.86. The van der Waals surface area contributed by atoms with Crippen molar-refractivity contribution in [2.45, 2.75) is 0 Å². The first-order valence-corrected chi connectivity index (χ1v) is 15.3. The Morgan fingerprint density at radius 2 is 0.659 bits per heavy atom. The summed E-state index contributed by atoms with van der Waals surface area (Å²) in [5.41, 5.74) is 13.5. The molecule has 0 atom stereocenters. The number of aromatic amines is 3. The van der Waals surface area contributed by atoms with Crippen LogP contribution >= 0.6 is 34.8 Å². The number of fused-ring (bicyclic) bond motifs is 9. The fourth-order valence-electron chi connectivity index (χ4n) is 5.92. The third kappa shape index (κ3) is 4.78. The van der Waals surface area contributed by atoms with E-state index in [9.17, 15) is 0 Å². The predicted octanol–water partition coefficient (Wildman–Crippen LogP) is 11.7. The van der Waals surface area contributed by atoms with Crippen LogP contribution in [0.3, 0.4) is 0 Å². The van der Waals surface area contributed by atoms with Gasteiger partial charge in [0.15, 0.2) is 0 Å². The minimum Gasteiger partial charge on any atom is -0.354 e. The zero-order valence-corrected chi connectivity index (χ0v) is 25.4. The van der Waals surface area contributed by atoms with Gasteiger partial charge in [0.1, 0.15) is 0 Å². The van der Waals surface area contributed by atoms with Crippen LogP contribution in [0.25, 0.3) is 78.6 Å². The number of nitrogens with one attached hydrogen (secondary N) is 3. The number of benzene rings is 3. The molecule has 0 aliphatic carbocycles. The molecule has 8 rings (SSSR count). The topological polar surface area (TPSA) is 60.3 Å². The number of hydrogen-bond donors (Lipinski definition) is 3. The number of hydrogen-bond acceptors (Lipinski definition) is 1. The van der Waals surface area contributed by atoms with Gasteiger partial charge in [-0.3, -0.25) is 0 Å². The highest BCUT2D eigenvalue weighted by Gasteiger charge is 2.15. The first-order valence-electron chi connectivity index (χ1n) is 14.1. The summed E-state index contributed by atoms with van der Waals surface area (Å²) in [6.45, 7) is 0. The minimum atomic E-state index is 0.683. The molecule has 4 nitrogen and oxygen atoms in total. The first-order chi connectivity index (χ1) is 21.5. The summed E-state index contributed by atoms with van der Waals surface area (Å²) in [4.78, 5) is 16.2. The second-order valence-electron chi connectivity index (χ2n) is 10.7. The molecule has 44 heavy (non-hydrogen) atoms. The van der Waals surface area contributed by atoms with Crippen LogP contribution in [0.4, 0.5) is 0 Å². The molecule has 3 aromatic carbocycles. The Bertz CT molecular complexity index is 2340. The molecule has 7 aromatic rings. The summed E-state index contributed by atoms with van der Waals surface area (Å²) < 4.78 is 0. The van der Waals surface area contributed by atoms with Crippen molar-refractivity contribution >= 4 is 80.1 Å². The number of aromatic nitrogens is 4. The van der Waals surface area contributed by atoms with Crippen molar-refractivity contribution in [2.75, 3.05) is 0 Å². The Hall–Kier alpha value is -4.74. The van der Waals surface area contributed by atoms with Crippen molar-refractivity contribution in [3.8, 4) is 33.4 Å². The van der Waals surface area contributed by atoms with Crippen LogP contribution in [0.5, 0.6) is 0 Å². The van der Waals surface area contributed by atoms with Crippen LogP contribution in [-0.4, -0.2) is 19.9 Å². The normalized spacial score (nSPS) is 11.9.